The van der Waals surface area contributed by atoms with Crippen molar-refractivity contribution in [2.24, 2.45) is 4.99 Å². The summed E-state index contributed by atoms with van der Waals surface area (Å²) in [7, 11) is 0. The quantitative estimate of drug-likeness (QED) is 0.425. The first-order valence-corrected chi connectivity index (χ1v) is 9.57. The van der Waals surface area contributed by atoms with Crippen LogP contribution in [0, 0.1) is 0 Å². The minimum Gasteiger partial charge on any atom is -0.357 e. The lowest BCUT2D eigenvalue weighted by atomic mass is 10.2. The number of nitrogens with one attached hydrogen (secondary N) is 1. The number of halogens is 1. The van der Waals surface area contributed by atoms with Gasteiger partial charge >= 0.3 is 0 Å². The van der Waals surface area contributed by atoms with Crippen LogP contribution >= 0.6 is 35.3 Å². The monoisotopic (exact) mass is 448 g/mol. The Kier molecular flexibility index (Phi) is 8.12. The summed E-state index contributed by atoms with van der Waals surface area (Å²) in [6.07, 6.45) is 5.26. The van der Waals surface area contributed by atoms with Gasteiger partial charge in [0.25, 0.3) is 0 Å². The predicted molar refractivity (Wildman–Crippen MR) is 110 cm³/mol. The predicted octanol–water partition coefficient (Wildman–Crippen LogP) is 3.56. The molecular weight excluding hydrogens is 419 g/mol. The van der Waals surface area contributed by atoms with E-state index in [1.54, 1.807) is 0 Å². The van der Waals surface area contributed by atoms with Crippen molar-refractivity contribution in [1.82, 2.24) is 15.1 Å². The highest BCUT2D eigenvalue weighted by atomic mass is 127. The fourth-order valence-corrected chi connectivity index (χ4v) is 4.30. The molecule has 2 aliphatic heterocycles. The topological polar surface area (TPSA) is 30.9 Å². The van der Waals surface area contributed by atoms with Gasteiger partial charge in [0.05, 0.1) is 12.6 Å². The van der Waals surface area contributed by atoms with Crippen LogP contribution in [0.25, 0.3) is 0 Å². The molecule has 1 aromatic rings. The molecule has 0 spiro atoms. The molecule has 1 unspecified atom stereocenters. The SMILES string of the molecule is CCNC(=NCC(c1cccs1)N1CCCC1)N1CCCC1.I. The molecule has 2 aliphatic rings. The Balaban J connectivity index is 0.00000192. The van der Waals surface area contributed by atoms with Crippen LogP contribution in [-0.4, -0.2) is 55.0 Å². The maximum Gasteiger partial charge on any atom is 0.193 e. The molecule has 0 bridgehead atoms. The van der Waals surface area contributed by atoms with Crippen LogP contribution in [0.4, 0.5) is 0 Å². The fraction of sp³-hybridized carbons (Fsp3) is 0.706. The number of likely N-dealkylation sites (tertiary alicyclic amines) is 2. The molecule has 1 N–H and O–H groups in total. The molecule has 4 nitrogen and oxygen atoms in total. The minimum atomic E-state index is 0. The molecule has 2 saturated heterocycles. The van der Waals surface area contributed by atoms with E-state index in [-0.39, 0.29) is 24.0 Å². The number of rotatable bonds is 5. The van der Waals surface area contributed by atoms with Gasteiger partial charge in [0.2, 0.25) is 0 Å². The molecule has 0 aliphatic carbocycles. The van der Waals surface area contributed by atoms with E-state index in [4.69, 9.17) is 4.99 Å². The number of hydrogen-bond acceptors (Lipinski definition) is 3. The minimum absolute atomic E-state index is 0. The average Bonchev–Trinajstić information content (AvgIpc) is 3.28. The third-order valence-corrected chi connectivity index (χ3v) is 5.58. The van der Waals surface area contributed by atoms with E-state index >= 15 is 0 Å². The molecule has 3 rings (SSSR count). The van der Waals surface area contributed by atoms with Crippen LogP contribution in [0.1, 0.15) is 43.5 Å². The second-order valence-corrected chi connectivity index (χ2v) is 7.14. The third-order valence-electron chi connectivity index (χ3n) is 4.61. The number of nitrogens with zero attached hydrogens (tertiary/aromatic N) is 3. The number of thiophene rings is 1. The first-order chi connectivity index (χ1) is 10.9. The zero-order chi connectivity index (χ0) is 15.2. The number of aliphatic imine (C=N–C) groups is 1. The zero-order valence-electron chi connectivity index (χ0n) is 14.0. The summed E-state index contributed by atoms with van der Waals surface area (Å²) >= 11 is 1.87. The Morgan fingerprint density at radius 3 is 2.52 bits per heavy atom. The highest BCUT2D eigenvalue weighted by Gasteiger charge is 2.24. The third kappa shape index (κ3) is 5.06. The summed E-state index contributed by atoms with van der Waals surface area (Å²) in [6, 6.07) is 4.89. The normalized spacial score (nSPS) is 20.6. The molecule has 0 amide bonds. The molecule has 0 saturated carbocycles. The van der Waals surface area contributed by atoms with Gasteiger partial charge < -0.3 is 10.2 Å². The van der Waals surface area contributed by atoms with Gasteiger partial charge in [-0.1, -0.05) is 6.07 Å². The summed E-state index contributed by atoms with van der Waals surface area (Å²) in [5.74, 6) is 1.11. The van der Waals surface area contributed by atoms with Gasteiger partial charge in [-0.2, -0.15) is 0 Å². The summed E-state index contributed by atoms with van der Waals surface area (Å²) in [6.45, 7) is 8.72. The van der Waals surface area contributed by atoms with Gasteiger partial charge in [-0.3, -0.25) is 9.89 Å². The van der Waals surface area contributed by atoms with E-state index in [0.717, 1.165) is 32.1 Å². The van der Waals surface area contributed by atoms with Crippen molar-refractivity contribution in [3.63, 3.8) is 0 Å². The van der Waals surface area contributed by atoms with Gasteiger partial charge in [-0.05, 0) is 57.1 Å². The molecule has 3 heterocycles. The van der Waals surface area contributed by atoms with Crippen molar-refractivity contribution in [3.8, 4) is 0 Å². The van der Waals surface area contributed by atoms with Crippen molar-refractivity contribution in [3.05, 3.63) is 22.4 Å². The van der Waals surface area contributed by atoms with Gasteiger partial charge in [0, 0.05) is 24.5 Å². The second kappa shape index (κ2) is 9.84. The molecular formula is C17H29IN4S. The van der Waals surface area contributed by atoms with Crippen LogP contribution in [0.5, 0.6) is 0 Å². The van der Waals surface area contributed by atoms with Gasteiger partial charge in [0.1, 0.15) is 0 Å². The fourth-order valence-electron chi connectivity index (χ4n) is 3.45. The van der Waals surface area contributed by atoms with Crippen molar-refractivity contribution < 1.29 is 0 Å². The first-order valence-electron chi connectivity index (χ1n) is 8.69. The average molecular weight is 448 g/mol. The molecule has 2 fully saturated rings. The maximum absolute atomic E-state index is 4.99. The van der Waals surface area contributed by atoms with E-state index in [1.807, 2.05) is 11.3 Å². The molecule has 6 heteroatoms. The highest BCUT2D eigenvalue weighted by Crippen LogP contribution is 2.28. The Morgan fingerprint density at radius 2 is 1.91 bits per heavy atom. The van der Waals surface area contributed by atoms with Crippen molar-refractivity contribution in [2.45, 2.75) is 38.6 Å². The maximum atomic E-state index is 4.99. The summed E-state index contributed by atoms with van der Waals surface area (Å²) < 4.78 is 0. The highest BCUT2D eigenvalue weighted by molar-refractivity contribution is 14.0. The van der Waals surface area contributed by atoms with E-state index in [9.17, 15) is 0 Å². The van der Waals surface area contributed by atoms with Crippen molar-refractivity contribution in [2.75, 3.05) is 39.3 Å². The van der Waals surface area contributed by atoms with E-state index < -0.39 is 0 Å². The van der Waals surface area contributed by atoms with Gasteiger partial charge in [-0.15, -0.1) is 35.3 Å². The molecule has 1 atom stereocenters. The van der Waals surface area contributed by atoms with Crippen LogP contribution in [0.2, 0.25) is 0 Å². The van der Waals surface area contributed by atoms with E-state index in [0.29, 0.717) is 6.04 Å². The Bertz CT molecular complexity index is 465. The molecule has 130 valence electrons. The van der Waals surface area contributed by atoms with Gasteiger partial charge in [0.15, 0.2) is 5.96 Å². The lowest BCUT2D eigenvalue weighted by Crippen LogP contribution is -2.40. The van der Waals surface area contributed by atoms with Crippen LogP contribution in [-0.2, 0) is 0 Å². The molecule has 0 aromatic carbocycles. The summed E-state index contributed by atoms with van der Waals surface area (Å²) in [4.78, 5) is 11.5. The van der Waals surface area contributed by atoms with Crippen molar-refractivity contribution >= 4 is 41.3 Å². The van der Waals surface area contributed by atoms with E-state index in [2.05, 4.69) is 39.6 Å². The Hall–Kier alpha value is -0.340. The van der Waals surface area contributed by atoms with Gasteiger partial charge in [-0.25, -0.2) is 0 Å². The summed E-state index contributed by atoms with van der Waals surface area (Å²) in [5.41, 5.74) is 0. The zero-order valence-corrected chi connectivity index (χ0v) is 17.2. The largest absolute Gasteiger partial charge is 0.357 e. The Labute approximate surface area is 161 Å². The molecule has 1 aromatic heterocycles. The van der Waals surface area contributed by atoms with Crippen LogP contribution in [0.15, 0.2) is 22.5 Å². The van der Waals surface area contributed by atoms with Crippen LogP contribution < -0.4 is 5.32 Å². The number of guanidine groups is 1. The smallest absolute Gasteiger partial charge is 0.193 e. The standard InChI is InChI=1S/C17H28N4S.HI/c1-2-18-17(21-11-5-6-12-21)19-14-15(16-8-7-13-22-16)20-9-3-4-10-20;/h7-8,13,15H,2-6,9-12,14H2,1H3,(H,18,19);1H. The summed E-state index contributed by atoms with van der Waals surface area (Å²) in [5, 5.41) is 5.66. The van der Waals surface area contributed by atoms with Crippen LogP contribution in [0.3, 0.4) is 0 Å². The number of hydrogen-bond donors (Lipinski definition) is 1. The lowest BCUT2D eigenvalue weighted by Gasteiger charge is -2.27. The molecule has 23 heavy (non-hydrogen) atoms. The Morgan fingerprint density at radius 1 is 1.22 bits per heavy atom. The second-order valence-electron chi connectivity index (χ2n) is 6.16. The molecule has 0 radical (unpaired) electrons. The lowest BCUT2D eigenvalue weighted by molar-refractivity contribution is 0.254. The van der Waals surface area contributed by atoms with Crippen molar-refractivity contribution in [1.29, 1.82) is 0 Å². The van der Waals surface area contributed by atoms with E-state index in [1.165, 1.54) is 43.6 Å². The first kappa shape index (κ1) is 19.0.